The summed E-state index contributed by atoms with van der Waals surface area (Å²) in [7, 11) is 0. The summed E-state index contributed by atoms with van der Waals surface area (Å²) in [5.74, 6) is -0.246. The van der Waals surface area contributed by atoms with E-state index in [4.69, 9.17) is 0 Å². The molecule has 0 saturated carbocycles. The predicted molar refractivity (Wildman–Crippen MR) is 89.3 cm³/mol. The predicted octanol–water partition coefficient (Wildman–Crippen LogP) is 2.40. The van der Waals surface area contributed by atoms with Crippen LogP contribution in [-0.4, -0.2) is 30.6 Å². The molecule has 7 heteroatoms. The SMILES string of the molecule is Cc1nn(-c2ccc(F)cc2)c(C)c1CN[C@@H](C)Cn1cncn1. The van der Waals surface area contributed by atoms with Gasteiger partial charge < -0.3 is 5.32 Å². The van der Waals surface area contributed by atoms with Crippen LogP contribution in [-0.2, 0) is 13.1 Å². The first-order valence-electron chi connectivity index (χ1n) is 7.91. The monoisotopic (exact) mass is 328 g/mol. The van der Waals surface area contributed by atoms with Gasteiger partial charge in [-0.05, 0) is 45.0 Å². The first-order valence-corrected chi connectivity index (χ1v) is 7.91. The summed E-state index contributed by atoms with van der Waals surface area (Å²) >= 11 is 0. The van der Waals surface area contributed by atoms with Gasteiger partial charge in [0.2, 0.25) is 0 Å². The van der Waals surface area contributed by atoms with Crippen LogP contribution in [0.5, 0.6) is 0 Å². The van der Waals surface area contributed by atoms with E-state index in [1.807, 2.05) is 18.5 Å². The summed E-state index contributed by atoms with van der Waals surface area (Å²) in [5, 5.41) is 12.2. The van der Waals surface area contributed by atoms with Crippen LogP contribution in [0.15, 0.2) is 36.9 Å². The summed E-state index contributed by atoms with van der Waals surface area (Å²) in [6, 6.07) is 6.62. The summed E-state index contributed by atoms with van der Waals surface area (Å²) in [4.78, 5) is 3.95. The molecular formula is C17H21FN6. The fourth-order valence-corrected chi connectivity index (χ4v) is 2.71. The average molecular weight is 328 g/mol. The highest BCUT2D eigenvalue weighted by molar-refractivity contribution is 5.37. The maximum Gasteiger partial charge on any atom is 0.137 e. The van der Waals surface area contributed by atoms with Crippen LogP contribution >= 0.6 is 0 Å². The summed E-state index contributed by atoms with van der Waals surface area (Å²) < 4.78 is 16.8. The van der Waals surface area contributed by atoms with E-state index >= 15 is 0 Å². The minimum atomic E-state index is -0.246. The Labute approximate surface area is 140 Å². The average Bonchev–Trinajstić information content (AvgIpc) is 3.15. The first kappa shape index (κ1) is 16.3. The van der Waals surface area contributed by atoms with Crippen molar-refractivity contribution in [3.8, 4) is 5.69 Å². The lowest BCUT2D eigenvalue weighted by Crippen LogP contribution is -2.30. The van der Waals surface area contributed by atoms with Gasteiger partial charge in [0.1, 0.15) is 18.5 Å². The molecular weight excluding hydrogens is 307 g/mol. The highest BCUT2D eigenvalue weighted by Crippen LogP contribution is 2.18. The van der Waals surface area contributed by atoms with Gasteiger partial charge in [-0.1, -0.05) is 0 Å². The minimum absolute atomic E-state index is 0.246. The van der Waals surface area contributed by atoms with Gasteiger partial charge in [0.05, 0.1) is 17.9 Å². The van der Waals surface area contributed by atoms with Gasteiger partial charge in [0, 0.05) is 23.8 Å². The molecule has 2 heterocycles. The number of nitrogens with one attached hydrogen (secondary N) is 1. The van der Waals surface area contributed by atoms with Gasteiger partial charge in [0.15, 0.2) is 0 Å². The number of halogens is 1. The molecule has 0 unspecified atom stereocenters. The van der Waals surface area contributed by atoms with E-state index in [0.717, 1.165) is 29.2 Å². The van der Waals surface area contributed by atoms with E-state index in [1.54, 1.807) is 23.1 Å². The number of hydrogen-bond acceptors (Lipinski definition) is 4. The second kappa shape index (κ2) is 6.92. The molecule has 0 aliphatic carbocycles. The Kier molecular flexibility index (Phi) is 4.71. The van der Waals surface area contributed by atoms with Crippen molar-refractivity contribution in [2.75, 3.05) is 0 Å². The molecule has 1 aromatic carbocycles. The maximum atomic E-state index is 13.1. The highest BCUT2D eigenvalue weighted by atomic mass is 19.1. The second-order valence-corrected chi connectivity index (χ2v) is 5.94. The Bertz CT molecular complexity index is 791. The lowest BCUT2D eigenvalue weighted by atomic mass is 10.2. The number of rotatable bonds is 6. The van der Waals surface area contributed by atoms with Crippen molar-refractivity contribution in [2.45, 2.75) is 39.9 Å². The first-order chi connectivity index (χ1) is 11.5. The number of aromatic nitrogens is 5. The van der Waals surface area contributed by atoms with Crippen molar-refractivity contribution in [3.05, 3.63) is 59.7 Å². The Morgan fingerprint density at radius 3 is 2.62 bits per heavy atom. The lowest BCUT2D eigenvalue weighted by molar-refractivity contribution is 0.449. The van der Waals surface area contributed by atoms with Crippen LogP contribution < -0.4 is 5.32 Å². The third-order valence-corrected chi connectivity index (χ3v) is 4.07. The molecule has 0 aliphatic rings. The smallest absolute Gasteiger partial charge is 0.137 e. The van der Waals surface area contributed by atoms with Crippen LogP contribution in [0.1, 0.15) is 23.9 Å². The van der Waals surface area contributed by atoms with E-state index < -0.39 is 0 Å². The van der Waals surface area contributed by atoms with Gasteiger partial charge in [-0.2, -0.15) is 10.2 Å². The zero-order chi connectivity index (χ0) is 17.1. The lowest BCUT2D eigenvalue weighted by Gasteiger charge is -2.14. The van der Waals surface area contributed by atoms with Crippen LogP contribution in [0.3, 0.4) is 0 Å². The van der Waals surface area contributed by atoms with Gasteiger partial charge >= 0.3 is 0 Å². The van der Waals surface area contributed by atoms with Crippen molar-refractivity contribution in [2.24, 2.45) is 0 Å². The molecule has 1 atom stereocenters. The second-order valence-electron chi connectivity index (χ2n) is 5.94. The molecule has 0 spiro atoms. The molecule has 0 bridgehead atoms. The van der Waals surface area contributed by atoms with Gasteiger partial charge in [-0.3, -0.25) is 4.68 Å². The van der Waals surface area contributed by atoms with Crippen molar-refractivity contribution in [3.63, 3.8) is 0 Å². The summed E-state index contributed by atoms with van der Waals surface area (Å²) in [6.07, 6.45) is 3.25. The molecule has 0 amide bonds. The van der Waals surface area contributed by atoms with E-state index in [1.165, 1.54) is 18.5 Å². The molecule has 0 radical (unpaired) electrons. The van der Waals surface area contributed by atoms with Crippen LogP contribution in [0.25, 0.3) is 5.69 Å². The van der Waals surface area contributed by atoms with E-state index in [9.17, 15) is 4.39 Å². The van der Waals surface area contributed by atoms with Crippen LogP contribution in [0.2, 0.25) is 0 Å². The van der Waals surface area contributed by atoms with Gasteiger partial charge in [-0.25, -0.2) is 14.1 Å². The third-order valence-electron chi connectivity index (χ3n) is 4.07. The molecule has 1 N–H and O–H groups in total. The standard InChI is InChI=1S/C17H21FN6/c1-12(9-23-11-19-10-21-23)20-8-17-13(2)22-24(14(17)3)16-6-4-15(18)5-7-16/h4-7,10-12,20H,8-9H2,1-3H3/t12-/m0/s1. The van der Waals surface area contributed by atoms with Crippen molar-refractivity contribution < 1.29 is 4.39 Å². The third kappa shape index (κ3) is 3.51. The van der Waals surface area contributed by atoms with E-state index in [-0.39, 0.29) is 11.9 Å². The zero-order valence-corrected chi connectivity index (χ0v) is 14.1. The molecule has 24 heavy (non-hydrogen) atoms. The molecule has 126 valence electrons. The van der Waals surface area contributed by atoms with E-state index in [0.29, 0.717) is 6.54 Å². The van der Waals surface area contributed by atoms with Crippen molar-refractivity contribution in [1.29, 1.82) is 0 Å². The van der Waals surface area contributed by atoms with Gasteiger partial charge in [0.25, 0.3) is 0 Å². The number of aryl methyl sites for hydroxylation is 1. The molecule has 0 saturated heterocycles. The topological polar surface area (TPSA) is 60.6 Å². The highest BCUT2D eigenvalue weighted by Gasteiger charge is 2.14. The molecule has 6 nitrogen and oxygen atoms in total. The fourth-order valence-electron chi connectivity index (χ4n) is 2.71. The maximum absolute atomic E-state index is 13.1. The minimum Gasteiger partial charge on any atom is -0.308 e. The van der Waals surface area contributed by atoms with Crippen LogP contribution in [0, 0.1) is 19.7 Å². The largest absolute Gasteiger partial charge is 0.308 e. The number of hydrogen-bond donors (Lipinski definition) is 1. The zero-order valence-electron chi connectivity index (χ0n) is 14.1. The summed E-state index contributed by atoms with van der Waals surface area (Å²) in [5.41, 5.74) is 4.04. The Morgan fingerprint density at radius 1 is 1.21 bits per heavy atom. The Balaban J connectivity index is 1.71. The Hall–Kier alpha value is -2.54. The quantitative estimate of drug-likeness (QED) is 0.755. The Morgan fingerprint density at radius 2 is 1.96 bits per heavy atom. The number of nitrogens with zero attached hydrogens (tertiary/aromatic N) is 5. The molecule has 3 aromatic rings. The molecule has 0 fully saturated rings. The van der Waals surface area contributed by atoms with Crippen LogP contribution in [0.4, 0.5) is 4.39 Å². The molecule has 0 aliphatic heterocycles. The fraction of sp³-hybridized carbons (Fsp3) is 0.353. The molecule has 2 aromatic heterocycles. The number of benzene rings is 1. The molecule has 3 rings (SSSR count). The normalized spacial score (nSPS) is 12.5. The van der Waals surface area contributed by atoms with E-state index in [2.05, 4.69) is 27.4 Å². The van der Waals surface area contributed by atoms with Crippen molar-refractivity contribution >= 4 is 0 Å². The summed E-state index contributed by atoms with van der Waals surface area (Å²) in [6.45, 7) is 7.60. The van der Waals surface area contributed by atoms with Crippen molar-refractivity contribution in [1.82, 2.24) is 29.9 Å². The van der Waals surface area contributed by atoms with Gasteiger partial charge in [-0.15, -0.1) is 0 Å².